The summed E-state index contributed by atoms with van der Waals surface area (Å²) in [5.41, 5.74) is 5.27. The van der Waals surface area contributed by atoms with Gasteiger partial charge in [-0.25, -0.2) is 0 Å². The molecule has 1 rings (SSSR count). The van der Waals surface area contributed by atoms with Crippen LogP contribution in [0.25, 0.3) is 0 Å². The van der Waals surface area contributed by atoms with Gasteiger partial charge in [-0.3, -0.25) is 0 Å². The van der Waals surface area contributed by atoms with Crippen LogP contribution in [0.2, 0.25) is 0 Å². The molecule has 0 bridgehead atoms. The molecule has 9 nitrogen and oxygen atoms in total. The highest BCUT2D eigenvalue weighted by atomic mass is 16.6. The number of hydrogen-bond acceptors (Lipinski definition) is 9. The van der Waals surface area contributed by atoms with Crippen LogP contribution in [0, 0.1) is 4.91 Å². The Balaban J connectivity index is 2.95. The third kappa shape index (κ3) is 2.74. The molecule has 88 valence electrons. The van der Waals surface area contributed by atoms with Crippen LogP contribution in [0.5, 0.6) is 5.88 Å². The molecule has 1 aromatic heterocycles. The second-order valence-electron chi connectivity index (χ2n) is 2.53. The van der Waals surface area contributed by atoms with Crippen molar-refractivity contribution in [1.82, 2.24) is 9.97 Å². The van der Waals surface area contributed by atoms with Crippen molar-refractivity contribution in [3.63, 3.8) is 0 Å². The minimum Gasteiger partial charge on any atom is -0.479 e. The Bertz CT molecular complexity index is 372. The van der Waals surface area contributed by atoms with Gasteiger partial charge in [0.25, 0.3) is 5.88 Å². The van der Waals surface area contributed by atoms with Gasteiger partial charge in [-0.15, -0.1) is 4.91 Å². The molecule has 9 heteroatoms. The van der Waals surface area contributed by atoms with Gasteiger partial charge in [-0.1, -0.05) is 0 Å². The Hall–Kier alpha value is -2.00. The van der Waals surface area contributed by atoms with Crippen LogP contribution >= 0.6 is 0 Å². The number of methoxy groups -OCH3 is 1. The lowest BCUT2D eigenvalue weighted by atomic mass is 10.4. The van der Waals surface area contributed by atoms with Crippen LogP contribution in [-0.2, 0) is 4.74 Å². The normalized spacial score (nSPS) is 9.88. The summed E-state index contributed by atoms with van der Waals surface area (Å²) < 4.78 is 9.42. The summed E-state index contributed by atoms with van der Waals surface area (Å²) in [6.07, 6.45) is 0. The van der Waals surface area contributed by atoms with Crippen LogP contribution in [0.3, 0.4) is 0 Å². The van der Waals surface area contributed by atoms with Gasteiger partial charge in [-0.2, -0.15) is 9.97 Å². The van der Waals surface area contributed by atoms with E-state index >= 15 is 0 Å². The number of anilines is 2. The summed E-state index contributed by atoms with van der Waals surface area (Å²) in [5.74, 6) is -0.0300. The number of nitroso groups, excluding NO2 is 1. The molecule has 0 aromatic carbocycles. The first-order valence-electron chi connectivity index (χ1n) is 4.20. The number of aromatic nitrogens is 2. The van der Waals surface area contributed by atoms with Crippen LogP contribution in [0.1, 0.15) is 0 Å². The van der Waals surface area contributed by atoms with E-state index < -0.39 is 6.79 Å². The number of nitrogens with zero attached hydrogens (tertiary/aromatic N) is 3. The summed E-state index contributed by atoms with van der Waals surface area (Å²) in [6.45, 7) is -0.521. The lowest BCUT2D eigenvalue weighted by Crippen LogP contribution is -2.10. The van der Waals surface area contributed by atoms with E-state index in [-0.39, 0.29) is 30.1 Å². The summed E-state index contributed by atoms with van der Waals surface area (Å²) in [4.78, 5) is 18.0. The van der Waals surface area contributed by atoms with Gasteiger partial charge in [0.1, 0.15) is 13.5 Å². The SMILES string of the molecule is COc1nc(N)nc(NCOCO)c1N=O. The highest BCUT2D eigenvalue weighted by Crippen LogP contribution is 2.32. The zero-order valence-corrected chi connectivity index (χ0v) is 8.51. The summed E-state index contributed by atoms with van der Waals surface area (Å²) in [6, 6.07) is 0. The van der Waals surface area contributed by atoms with Gasteiger partial charge in [-0.05, 0) is 5.18 Å². The Labute approximate surface area is 90.6 Å². The van der Waals surface area contributed by atoms with E-state index in [1.807, 2.05) is 0 Å². The average Bonchev–Trinajstić information content (AvgIpc) is 2.28. The van der Waals surface area contributed by atoms with Crippen molar-refractivity contribution in [2.45, 2.75) is 0 Å². The first-order chi connectivity index (χ1) is 7.72. The molecule has 0 fully saturated rings. The smallest absolute Gasteiger partial charge is 0.250 e. The zero-order chi connectivity index (χ0) is 12.0. The van der Waals surface area contributed by atoms with E-state index in [9.17, 15) is 4.91 Å². The van der Waals surface area contributed by atoms with Crippen molar-refractivity contribution in [1.29, 1.82) is 0 Å². The molecule has 1 aromatic rings. The minimum atomic E-state index is -0.464. The van der Waals surface area contributed by atoms with Crippen molar-refractivity contribution in [3.05, 3.63) is 4.91 Å². The zero-order valence-electron chi connectivity index (χ0n) is 8.51. The van der Waals surface area contributed by atoms with Crippen molar-refractivity contribution in [2.24, 2.45) is 5.18 Å². The molecule has 0 saturated carbocycles. The summed E-state index contributed by atoms with van der Waals surface area (Å²) in [5, 5.41) is 13.7. The van der Waals surface area contributed by atoms with Gasteiger partial charge >= 0.3 is 0 Å². The fourth-order valence-corrected chi connectivity index (χ4v) is 0.964. The van der Waals surface area contributed by atoms with E-state index in [1.165, 1.54) is 7.11 Å². The van der Waals surface area contributed by atoms with Crippen molar-refractivity contribution in [2.75, 3.05) is 31.7 Å². The number of ether oxygens (including phenoxy) is 2. The number of nitrogens with one attached hydrogen (secondary N) is 1. The lowest BCUT2D eigenvalue weighted by molar-refractivity contribution is 0.00785. The summed E-state index contributed by atoms with van der Waals surface area (Å²) >= 11 is 0. The topological polar surface area (TPSA) is 132 Å². The number of hydrogen-bond donors (Lipinski definition) is 3. The van der Waals surface area contributed by atoms with E-state index in [0.717, 1.165) is 0 Å². The van der Waals surface area contributed by atoms with Crippen molar-refractivity contribution >= 4 is 17.5 Å². The lowest BCUT2D eigenvalue weighted by Gasteiger charge is -2.09. The Morgan fingerprint density at radius 1 is 1.56 bits per heavy atom. The van der Waals surface area contributed by atoms with Gasteiger partial charge in [0.05, 0.1) is 7.11 Å². The van der Waals surface area contributed by atoms with Crippen LogP contribution in [-0.4, -0.2) is 35.7 Å². The molecule has 0 radical (unpaired) electrons. The highest BCUT2D eigenvalue weighted by molar-refractivity contribution is 5.67. The number of nitrogen functional groups attached to an aromatic ring is 1. The number of rotatable bonds is 6. The quantitative estimate of drug-likeness (QED) is 0.347. The molecular formula is C7H11N5O4. The van der Waals surface area contributed by atoms with Crippen molar-refractivity contribution in [3.8, 4) is 5.88 Å². The molecule has 0 amide bonds. The molecule has 0 aliphatic carbocycles. The molecule has 0 aliphatic rings. The van der Waals surface area contributed by atoms with E-state index in [1.54, 1.807) is 0 Å². The molecule has 4 N–H and O–H groups in total. The maximum atomic E-state index is 10.6. The Morgan fingerprint density at radius 2 is 2.31 bits per heavy atom. The largest absolute Gasteiger partial charge is 0.479 e. The van der Waals surface area contributed by atoms with E-state index in [2.05, 4.69) is 25.2 Å². The minimum absolute atomic E-state index is 0.0333. The molecule has 0 aliphatic heterocycles. The third-order valence-electron chi connectivity index (χ3n) is 1.59. The van der Waals surface area contributed by atoms with E-state index in [4.69, 9.17) is 15.6 Å². The number of aliphatic hydroxyl groups excluding tert-OH is 1. The fraction of sp³-hybridized carbons (Fsp3) is 0.429. The molecular weight excluding hydrogens is 218 g/mol. The second-order valence-corrected chi connectivity index (χ2v) is 2.53. The average molecular weight is 229 g/mol. The third-order valence-corrected chi connectivity index (χ3v) is 1.59. The molecule has 16 heavy (non-hydrogen) atoms. The molecule has 0 spiro atoms. The van der Waals surface area contributed by atoms with Gasteiger partial charge < -0.3 is 25.6 Å². The van der Waals surface area contributed by atoms with E-state index in [0.29, 0.717) is 0 Å². The molecule has 1 heterocycles. The van der Waals surface area contributed by atoms with Gasteiger partial charge in [0.2, 0.25) is 11.6 Å². The first-order valence-corrected chi connectivity index (χ1v) is 4.20. The predicted octanol–water partition coefficient (Wildman–Crippen LogP) is -0.199. The van der Waals surface area contributed by atoms with Crippen LogP contribution in [0.15, 0.2) is 5.18 Å². The first kappa shape index (κ1) is 12.1. The number of nitrogens with two attached hydrogens (primary N) is 1. The summed E-state index contributed by atoms with van der Waals surface area (Å²) in [7, 11) is 1.32. The highest BCUT2D eigenvalue weighted by Gasteiger charge is 2.14. The molecule has 0 atom stereocenters. The Kier molecular flexibility index (Phi) is 4.36. The predicted molar refractivity (Wildman–Crippen MR) is 55.1 cm³/mol. The monoisotopic (exact) mass is 229 g/mol. The molecule has 0 unspecified atom stereocenters. The van der Waals surface area contributed by atoms with Gasteiger partial charge in [0, 0.05) is 0 Å². The number of aliphatic hydroxyl groups is 1. The standard InChI is InChI=1S/C7H11N5O4/c1-15-6-4(12-14)5(9-2-16-3-13)10-7(8)11-6/h13H,2-3H2,1H3,(H3,8,9,10,11). The molecule has 0 saturated heterocycles. The van der Waals surface area contributed by atoms with Crippen molar-refractivity contribution < 1.29 is 14.6 Å². The maximum Gasteiger partial charge on any atom is 0.250 e. The van der Waals surface area contributed by atoms with Crippen LogP contribution in [0.4, 0.5) is 17.5 Å². The van der Waals surface area contributed by atoms with Gasteiger partial charge in [0.15, 0.2) is 5.82 Å². The fourth-order valence-electron chi connectivity index (χ4n) is 0.964. The second kappa shape index (κ2) is 5.78. The maximum absolute atomic E-state index is 10.6. The Morgan fingerprint density at radius 3 is 2.88 bits per heavy atom. The van der Waals surface area contributed by atoms with Crippen LogP contribution < -0.4 is 15.8 Å².